The Labute approximate surface area is 224 Å². The number of benzene rings is 2. The third-order valence-corrected chi connectivity index (χ3v) is 8.16. The maximum absolute atomic E-state index is 13.7. The largest absolute Gasteiger partial charge is 0.344 e. The van der Waals surface area contributed by atoms with Gasteiger partial charge in [-0.25, -0.2) is 8.42 Å². The molecule has 8 nitrogen and oxygen atoms in total. The fraction of sp³-hybridized carbons (Fsp3) is 0.481. The first-order valence-corrected chi connectivity index (χ1v) is 15.0. The number of likely N-dealkylation sites (tertiary alicyclic amines) is 1. The van der Waals surface area contributed by atoms with Crippen molar-refractivity contribution >= 4 is 39.1 Å². The van der Waals surface area contributed by atoms with Gasteiger partial charge in [-0.2, -0.15) is 0 Å². The number of anilines is 1. The quantitative estimate of drug-likeness (QED) is 0.469. The number of sulfonamides is 1. The first kappa shape index (κ1) is 27.4. The van der Waals surface area contributed by atoms with Crippen molar-refractivity contribution in [1.82, 2.24) is 10.2 Å². The fourth-order valence-electron chi connectivity index (χ4n) is 5.38. The van der Waals surface area contributed by atoms with Gasteiger partial charge in [-0.05, 0) is 67.3 Å². The molecule has 2 aromatic rings. The van der Waals surface area contributed by atoms with Gasteiger partial charge < -0.3 is 16.0 Å². The molecule has 1 saturated heterocycles. The third kappa shape index (κ3) is 7.46. The minimum atomic E-state index is -3.40. The number of nitrogens with two attached hydrogens (primary N) is 1. The summed E-state index contributed by atoms with van der Waals surface area (Å²) in [6.07, 6.45) is 5.11. The molecule has 4 N–H and O–H groups in total. The van der Waals surface area contributed by atoms with E-state index in [1.54, 1.807) is 24.3 Å². The van der Waals surface area contributed by atoms with Crippen LogP contribution in [0.25, 0.3) is 0 Å². The average molecular weight is 547 g/mol. The van der Waals surface area contributed by atoms with Crippen molar-refractivity contribution in [3.63, 3.8) is 0 Å². The van der Waals surface area contributed by atoms with E-state index in [0.717, 1.165) is 30.2 Å². The Bertz CT molecular complexity index is 1210. The van der Waals surface area contributed by atoms with Crippen LogP contribution in [0.15, 0.2) is 48.5 Å². The normalized spacial score (nSPS) is 21.4. The minimum absolute atomic E-state index is 0.0280. The fourth-order valence-corrected chi connectivity index (χ4v) is 6.09. The summed E-state index contributed by atoms with van der Waals surface area (Å²) in [7, 11) is -3.40. The van der Waals surface area contributed by atoms with E-state index in [4.69, 9.17) is 17.3 Å². The smallest absolute Gasteiger partial charge is 0.245 e. The highest BCUT2D eigenvalue weighted by Gasteiger charge is 2.34. The SMILES string of the molecule is CS(=O)(=O)Nc1ccccc1C1CCN(C(=O)[C@@H](Cc2ccc(Cl)cc2)NC(=O)[C@H]2CC[C@@H](N)C2)CC1. The topological polar surface area (TPSA) is 122 Å². The number of hydrogen-bond donors (Lipinski definition) is 3. The number of halogens is 1. The Kier molecular flexibility index (Phi) is 8.77. The maximum Gasteiger partial charge on any atom is 0.245 e. The zero-order valence-electron chi connectivity index (χ0n) is 21.0. The molecule has 4 rings (SSSR count). The van der Waals surface area contributed by atoms with Gasteiger partial charge in [0.15, 0.2) is 0 Å². The molecule has 200 valence electrons. The maximum atomic E-state index is 13.7. The Morgan fingerprint density at radius 2 is 1.73 bits per heavy atom. The van der Waals surface area contributed by atoms with E-state index in [1.807, 2.05) is 29.2 Å². The lowest BCUT2D eigenvalue weighted by atomic mass is 9.88. The summed E-state index contributed by atoms with van der Waals surface area (Å²) in [5, 5.41) is 3.64. The van der Waals surface area contributed by atoms with Crippen LogP contribution >= 0.6 is 11.6 Å². The molecule has 37 heavy (non-hydrogen) atoms. The van der Waals surface area contributed by atoms with E-state index in [2.05, 4.69) is 10.0 Å². The molecule has 3 atom stereocenters. The molecule has 2 aromatic carbocycles. The molecule has 0 spiro atoms. The molecule has 0 unspecified atom stereocenters. The predicted octanol–water partition coefficient (Wildman–Crippen LogP) is 3.27. The summed E-state index contributed by atoms with van der Waals surface area (Å²) in [6, 6.07) is 14.1. The molecule has 2 amide bonds. The van der Waals surface area contributed by atoms with E-state index in [-0.39, 0.29) is 29.7 Å². The van der Waals surface area contributed by atoms with Crippen molar-refractivity contribution in [2.45, 2.75) is 56.5 Å². The van der Waals surface area contributed by atoms with Crippen LogP contribution in [0.1, 0.15) is 49.1 Å². The number of hydrogen-bond acceptors (Lipinski definition) is 5. The van der Waals surface area contributed by atoms with Gasteiger partial charge in [0, 0.05) is 36.5 Å². The van der Waals surface area contributed by atoms with Gasteiger partial charge in [0.2, 0.25) is 21.8 Å². The lowest BCUT2D eigenvalue weighted by Crippen LogP contribution is -2.52. The summed E-state index contributed by atoms with van der Waals surface area (Å²) >= 11 is 6.03. The van der Waals surface area contributed by atoms with E-state index >= 15 is 0 Å². The standard InChI is InChI=1S/C27H35ClN4O4S/c1-37(35,36)31-24-5-3-2-4-23(24)19-12-14-32(15-13-19)27(34)25(16-18-6-9-21(28)10-7-18)30-26(33)20-8-11-22(29)17-20/h2-7,9-10,19-20,22,25,31H,8,11-17,29H2,1H3,(H,30,33)/t20-,22+,25+/m0/s1. The van der Waals surface area contributed by atoms with Crippen molar-refractivity contribution in [2.24, 2.45) is 11.7 Å². The van der Waals surface area contributed by atoms with Gasteiger partial charge in [0.05, 0.1) is 11.9 Å². The van der Waals surface area contributed by atoms with Gasteiger partial charge in [-0.1, -0.05) is 41.9 Å². The molecule has 1 aliphatic carbocycles. The summed E-state index contributed by atoms with van der Waals surface area (Å²) < 4.78 is 26.2. The molecule has 0 radical (unpaired) electrons. The second-order valence-corrected chi connectivity index (χ2v) is 12.4. The summed E-state index contributed by atoms with van der Waals surface area (Å²) in [5.41, 5.74) is 8.44. The van der Waals surface area contributed by atoms with Crippen LogP contribution in [-0.4, -0.2) is 56.6 Å². The number of rotatable bonds is 8. The lowest BCUT2D eigenvalue weighted by Gasteiger charge is -2.35. The molecule has 1 heterocycles. The van der Waals surface area contributed by atoms with Gasteiger partial charge in [0.25, 0.3) is 0 Å². The van der Waals surface area contributed by atoms with Gasteiger partial charge >= 0.3 is 0 Å². The van der Waals surface area contributed by atoms with Gasteiger partial charge in [-0.3, -0.25) is 14.3 Å². The van der Waals surface area contributed by atoms with E-state index in [0.29, 0.717) is 49.5 Å². The first-order valence-electron chi connectivity index (χ1n) is 12.7. The monoisotopic (exact) mass is 546 g/mol. The van der Waals surface area contributed by atoms with Crippen LogP contribution in [0, 0.1) is 5.92 Å². The highest BCUT2D eigenvalue weighted by atomic mass is 35.5. The second kappa shape index (κ2) is 11.8. The van der Waals surface area contributed by atoms with Crippen LogP contribution in [-0.2, 0) is 26.0 Å². The Morgan fingerprint density at radius 1 is 1.05 bits per heavy atom. The van der Waals surface area contributed by atoms with E-state index in [1.165, 1.54) is 0 Å². The molecule has 2 fully saturated rings. The molecule has 0 aromatic heterocycles. The summed E-state index contributed by atoms with van der Waals surface area (Å²) in [5.74, 6) is -0.263. The van der Waals surface area contributed by atoms with Crippen molar-refractivity contribution in [2.75, 3.05) is 24.1 Å². The molecule has 0 bridgehead atoms. The molecule has 2 aliphatic rings. The highest BCUT2D eigenvalue weighted by Crippen LogP contribution is 2.33. The number of carbonyl (C=O) groups excluding carboxylic acids is 2. The summed E-state index contributed by atoms with van der Waals surface area (Å²) in [6.45, 7) is 1.05. The number of amides is 2. The van der Waals surface area contributed by atoms with Crippen molar-refractivity contribution in [3.8, 4) is 0 Å². The van der Waals surface area contributed by atoms with E-state index < -0.39 is 16.1 Å². The lowest BCUT2D eigenvalue weighted by molar-refractivity contribution is -0.138. The first-order chi connectivity index (χ1) is 17.6. The number of para-hydroxylation sites is 1. The number of nitrogens with zero attached hydrogens (tertiary/aromatic N) is 1. The zero-order valence-corrected chi connectivity index (χ0v) is 22.6. The number of piperidine rings is 1. The van der Waals surface area contributed by atoms with Crippen LogP contribution in [0.3, 0.4) is 0 Å². The minimum Gasteiger partial charge on any atom is -0.344 e. The van der Waals surface area contributed by atoms with Gasteiger partial charge in [-0.15, -0.1) is 0 Å². The number of carbonyl (C=O) groups is 2. The molecule has 10 heteroatoms. The van der Waals surface area contributed by atoms with Gasteiger partial charge in [0.1, 0.15) is 6.04 Å². The Balaban J connectivity index is 1.45. The molecule has 1 aliphatic heterocycles. The second-order valence-electron chi connectivity index (χ2n) is 10.2. The van der Waals surface area contributed by atoms with Crippen LogP contribution in [0.4, 0.5) is 5.69 Å². The van der Waals surface area contributed by atoms with Crippen LogP contribution in [0.2, 0.25) is 5.02 Å². The molecule has 1 saturated carbocycles. The molecular weight excluding hydrogens is 512 g/mol. The van der Waals surface area contributed by atoms with Crippen molar-refractivity contribution in [3.05, 3.63) is 64.7 Å². The summed E-state index contributed by atoms with van der Waals surface area (Å²) in [4.78, 5) is 28.5. The zero-order chi connectivity index (χ0) is 26.6. The van der Waals surface area contributed by atoms with E-state index in [9.17, 15) is 18.0 Å². The highest BCUT2D eigenvalue weighted by molar-refractivity contribution is 7.92. The predicted molar refractivity (Wildman–Crippen MR) is 146 cm³/mol. The molecular formula is C27H35ClN4O4S. The number of nitrogens with one attached hydrogen (secondary N) is 2. The Hall–Kier alpha value is -2.62. The average Bonchev–Trinajstić information content (AvgIpc) is 3.30. The Morgan fingerprint density at radius 3 is 2.35 bits per heavy atom. The van der Waals surface area contributed by atoms with Crippen molar-refractivity contribution in [1.29, 1.82) is 0 Å². The van der Waals surface area contributed by atoms with Crippen LogP contribution < -0.4 is 15.8 Å². The van der Waals surface area contributed by atoms with Crippen molar-refractivity contribution < 1.29 is 18.0 Å². The van der Waals surface area contributed by atoms with Crippen LogP contribution in [0.5, 0.6) is 0 Å². The third-order valence-electron chi connectivity index (χ3n) is 7.31.